The van der Waals surface area contributed by atoms with Crippen molar-refractivity contribution < 1.29 is 0 Å². The summed E-state index contributed by atoms with van der Waals surface area (Å²) in [5, 5.41) is 2.92. The summed E-state index contributed by atoms with van der Waals surface area (Å²) in [5.74, 6) is 1.33. The number of fused-ring (bicyclic) bond motifs is 1. The molecule has 1 aromatic heterocycles. The number of anilines is 1. The molecule has 0 amide bonds. The van der Waals surface area contributed by atoms with E-state index in [1.165, 1.54) is 6.42 Å². The molecule has 1 aromatic carbocycles. The molecule has 3 heteroatoms. The van der Waals surface area contributed by atoms with Crippen molar-refractivity contribution in [1.82, 2.24) is 0 Å². The zero-order valence-electron chi connectivity index (χ0n) is 12.3. The van der Waals surface area contributed by atoms with Crippen LogP contribution in [-0.4, -0.2) is 13.1 Å². The van der Waals surface area contributed by atoms with Crippen LogP contribution in [0.3, 0.4) is 0 Å². The Morgan fingerprint density at radius 2 is 1.90 bits per heavy atom. The minimum absolute atomic E-state index is 0.198. The second-order valence-electron chi connectivity index (χ2n) is 6.30. The first-order valence-corrected chi connectivity index (χ1v) is 8.19. The van der Waals surface area contributed by atoms with Crippen LogP contribution in [0, 0.1) is 18.8 Å². The van der Waals surface area contributed by atoms with Gasteiger partial charge in [-0.1, -0.05) is 25.5 Å². The van der Waals surface area contributed by atoms with Gasteiger partial charge in [0.25, 0.3) is 0 Å². The minimum atomic E-state index is 0.198. The third-order valence-corrected chi connectivity index (χ3v) is 5.07. The monoisotopic (exact) mass is 287 g/mol. The van der Waals surface area contributed by atoms with Crippen molar-refractivity contribution in [2.45, 2.75) is 27.2 Å². The Morgan fingerprint density at radius 1 is 1.20 bits per heavy atom. The van der Waals surface area contributed by atoms with Crippen LogP contribution in [0.1, 0.15) is 25.8 Å². The summed E-state index contributed by atoms with van der Waals surface area (Å²) in [6.45, 7) is 8.61. The Bertz CT molecular complexity index is 681. The van der Waals surface area contributed by atoms with Crippen molar-refractivity contribution in [2.24, 2.45) is 11.8 Å². The summed E-state index contributed by atoms with van der Waals surface area (Å²) in [5.41, 5.74) is 2.24. The van der Waals surface area contributed by atoms with Gasteiger partial charge in [-0.3, -0.25) is 4.79 Å². The molecule has 3 rings (SSSR count). The Balaban J connectivity index is 2.08. The van der Waals surface area contributed by atoms with Crippen molar-refractivity contribution in [2.75, 3.05) is 18.0 Å². The third kappa shape index (κ3) is 2.47. The number of hydrogen-bond acceptors (Lipinski definition) is 3. The highest BCUT2D eigenvalue weighted by Gasteiger charge is 2.24. The van der Waals surface area contributed by atoms with E-state index in [1.54, 1.807) is 11.3 Å². The van der Waals surface area contributed by atoms with Gasteiger partial charge < -0.3 is 4.90 Å². The van der Waals surface area contributed by atoms with Crippen LogP contribution >= 0.6 is 11.3 Å². The van der Waals surface area contributed by atoms with Crippen LogP contribution in [0.4, 0.5) is 5.69 Å². The lowest BCUT2D eigenvalue weighted by atomic mass is 9.91. The summed E-state index contributed by atoms with van der Waals surface area (Å²) < 4.78 is 1.09. The number of nitrogens with zero attached hydrogens (tertiary/aromatic N) is 1. The fourth-order valence-electron chi connectivity index (χ4n) is 3.31. The van der Waals surface area contributed by atoms with E-state index in [0.29, 0.717) is 11.8 Å². The van der Waals surface area contributed by atoms with Crippen molar-refractivity contribution in [3.8, 4) is 0 Å². The van der Waals surface area contributed by atoms with E-state index in [-0.39, 0.29) is 5.43 Å². The SMILES string of the molecule is Cc1ccc2scc(N3C[C@H](C)C[C@@H](C)C3)c(=O)c2c1. The molecule has 0 N–H and O–H groups in total. The molecular weight excluding hydrogens is 266 g/mol. The minimum Gasteiger partial charge on any atom is -0.367 e. The lowest BCUT2D eigenvalue weighted by Gasteiger charge is -2.36. The summed E-state index contributed by atoms with van der Waals surface area (Å²) in [6.07, 6.45) is 1.26. The van der Waals surface area contributed by atoms with E-state index >= 15 is 0 Å². The molecule has 0 aliphatic carbocycles. The average molecular weight is 287 g/mol. The number of piperidine rings is 1. The Hall–Kier alpha value is -1.35. The molecule has 2 heterocycles. The second kappa shape index (κ2) is 5.21. The zero-order valence-corrected chi connectivity index (χ0v) is 13.2. The van der Waals surface area contributed by atoms with E-state index < -0.39 is 0 Å². The van der Waals surface area contributed by atoms with Gasteiger partial charge in [-0.25, -0.2) is 0 Å². The Labute approximate surface area is 124 Å². The first kappa shape index (κ1) is 13.6. The van der Waals surface area contributed by atoms with Crippen LogP contribution in [-0.2, 0) is 0 Å². The summed E-state index contributed by atoms with van der Waals surface area (Å²) in [6, 6.07) is 6.15. The fourth-order valence-corrected chi connectivity index (χ4v) is 4.23. The van der Waals surface area contributed by atoms with Gasteiger partial charge in [-0.15, -0.1) is 11.3 Å². The van der Waals surface area contributed by atoms with Crippen molar-refractivity contribution in [3.05, 3.63) is 39.4 Å². The molecule has 0 spiro atoms. The number of hydrogen-bond donors (Lipinski definition) is 0. The van der Waals surface area contributed by atoms with Gasteiger partial charge in [0.2, 0.25) is 5.43 Å². The number of aryl methyl sites for hydroxylation is 1. The Morgan fingerprint density at radius 3 is 2.60 bits per heavy atom. The molecule has 1 aliphatic heterocycles. The van der Waals surface area contributed by atoms with E-state index in [1.807, 2.05) is 18.4 Å². The predicted octanol–water partition coefficient (Wildman–Crippen LogP) is 4.05. The van der Waals surface area contributed by atoms with Gasteiger partial charge in [-0.2, -0.15) is 0 Å². The maximum absolute atomic E-state index is 12.8. The maximum Gasteiger partial charge on any atom is 0.211 e. The maximum atomic E-state index is 12.8. The van der Waals surface area contributed by atoms with Crippen LogP contribution in [0.25, 0.3) is 10.1 Å². The lowest BCUT2D eigenvalue weighted by Crippen LogP contribution is -2.40. The Kier molecular flexibility index (Phi) is 3.55. The molecule has 0 unspecified atom stereocenters. The molecule has 106 valence electrons. The normalized spacial score (nSPS) is 23.2. The van der Waals surface area contributed by atoms with Gasteiger partial charge in [0.15, 0.2) is 0 Å². The molecule has 2 atom stereocenters. The fraction of sp³-hybridized carbons (Fsp3) is 0.471. The molecule has 2 aromatic rings. The van der Waals surface area contributed by atoms with Crippen molar-refractivity contribution in [3.63, 3.8) is 0 Å². The molecule has 0 bridgehead atoms. The average Bonchev–Trinajstić information content (AvgIpc) is 2.38. The highest BCUT2D eigenvalue weighted by molar-refractivity contribution is 7.16. The lowest BCUT2D eigenvalue weighted by molar-refractivity contribution is 0.356. The molecule has 20 heavy (non-hydrogen) atoms. The predicted molar refractivity (Wildman–Crippen MR) is 88.0 cm³/mol. The molecule has 2 nitrogen and oxygen atoms in total. The summed E-state index contributed by atoms with van der Waals surface area (Å²) >= 11 is 1.68. The topological polar surface area (TPSA) is 20.3 Å². The first-order chi connectivity index (χ1) is 9.54. The van der Waals surface area contributed by atoms with Crippen LogP contribution < -0.4 is 10.3 Å². The summed E-state index contributed by atoms with van der Waals surface area (Å²) in [4.78, 5) is 15.0. The molecule has 1 saturated heterocycles. The van der Waals surface area contributed by atoms with Gasteiger partial charge >= 0.3 is 0 Å². The number of benzene rings is 1. The van der Waals surface area contributed by atoms with Gasteiger partial charge in [0.1, 0.15) is 0 Å². The largest absolute Gasteiger partial charge is 0.367 e. The first-order valence-electron chi connectivity index (χ1n) is 7.31. The quantitative estimate of drug-likeness (QED) is 0.788. The molecule has 1 fully saturated rings. The molecule has 0 saturated carbocycles. The van der Waals surface area contributed by atoms with Crippen LogP contribution in [0.5, 0.6) is 0 Å². The van der Waals surface area contributed by atoms with E-state index in [9.17, 15) is 4.79 Å². The van der Waals surface area contributed by atoms with Crippen LogP contribution in [0.15, 0.2) is 28.4 Å². The smallest absolute Gasteiger partial charge is 0.211 e. The molecular formula is C17H21NOS. The van der Waals surface area contributed by atoms with Gasteiger partial charge in [0, 0.05) is 28.6 Å². The van der Waals surface area contributed by atoms with Gasteiger partial charge in [-0.05, 0) is 37.3 Å². The van der Waals surface area contributed by atoms with E-state index in [2.05, 4.69) is 30.9 Å². The highest BCUT2D eigenvalue weighted by Crippen LogP contribution is 2.27. The standard InChI is InChI=1S/C17H21NOS/c1-11-4-5-16-14(7-11)17(19)15(10-20-16)18-8-12(2)6-13(3)9-18/h4-5,7,10,12-13H,6,8-9H2,1-3H3/t12-,13-/m1/s1. The van der Waals surface area contributed by atoms with Crippen molar-refractivity contribution in [1.29, 1.82) is 0 Å². The zero-order chi connectivity index (χ0) is 14.3. The highest BCUT2D eigenvalue weighted by atomic mass is 32.1. The van der Waals surface area contributed by atoms with Gasteiger partial charge in [0.05, 0.1) is 5.69 Å². The van der Waals surface area contributed by atoms with Crippen molar-refractivity contribution >= 4 is 27.1 Å². The van der Waals surface area contributed by atoms with E-state index in [4.69, 9.17) is 0 Å². The molecule has 1 aliphatic rings. The molecule has 0 radical (unpaired) electrons. The van der Waals surface area contributed by atoms with E-state index in [0.717, 1.165) is 34.4 Å². The summed E-state index contributed by atoms with van der Waals surface area (Å²) in [7, 11) is 0. The van der Waals surface area contributed by atoms with Crippen LogP contribution in [0.2, 0.25) is 0 Å². The third-order valence-electron chi connectivity index (χ3n) is 4.12. The second-order valence-corrected chi connectivity index (χ2v) is 7.21. The number of rotatable bonds is 1.